The Hall–Kier alpha value is -4.08. The number of carbonyl (C=O) groups is 1. The Labute approximate surface area is 176 Å². The molecule has 1 amide bonds. The topological polar surface area (TPSA) is 128 Å². The monoisotopic (exact) mass is 419 g/mol. The van der Waals surface area contributed by atoms with Crippen molar-refractivity contribution in [1.82, 2.24) is 29.5 Å². The molecule has 0 fully saturated rings. The summed E-state index contributed by atoms with van der Waals surface area (Å²) in [6.45, 7) is 5.54. The van der Waals surface area contributed by atoms with Crippen molar-refractivity contribution in [3.8, 4) is 5.95 Å². The van der Waals surface area contributed by atoms with Crippen LogP contribution in [-0.4, -0.2) is 35.4 Å². The molecule has 0 saturated heterocycles. The Bertz CT molecular complexity index is 1390. The molecule has 0 spiro atoms. The van der Waals surface area contributed by atoms with Gasteiger partial charge in [-0.05, 0) is 39.0 Å². The van der Waals surface area contributed by atoms with Gasteiger partial charge in [0.25, 0.3) is 17.1 Å². The molecule has 0 aliphatic rings. The van der Waals surface area contributed by atoms with Crippen molar-refractivity contribution in [3.05, 3.63) is 74.2 Å². The van der Waals surface area contributed by atoms with Crippen LogP contribution in [0.5, 0.6) is 0 Å². The molecular weight excluding hydrogens is 398 g/mol. The van der Waals surface area contributed by atoms with Gasteiger partial charge >= 0.3 is 0 Å². The number of aromatic amines is 1. The highest BCUT2D eigenvalue weighted by Crippen LogP contribution is 2.15. The van der Waals surface area contributed by atoms with E-state index in [0.29, 0.717) is 28.2 Å². The molecule has 10 nitrogen and oxygen atoms in total. The molecule has 3 heterocycles. The number of anilines is 1. The molecule has 0 bridgehead atoms. The molecule has 0 atom stereocenters. The van der Waals surface area contributed by atoms with Crippen LogP contribution in [0.2, 0.25) is 0 Å². The second-order valence-corrected chi connectivity index (χ2v) is 7.27. The molecule has 10 heteroatoms. The summed E-state index contributed by atoms with van der Waals surface area (Å²) >= 11 is 0. The maximum atomic E-state index is 12.6. The van der Waals surface area contributed by atoms with Gasteiger partial charge in [0, 0.05) is 23.9 Å². The van der Waals surface area contributed by atoms with Crippen LogP contribution in [0.4, 0.5) is 5.82 Å². The predicted octanol–water partition coefficient (Wildman–Crippen LogP) is 1.62. The Morgan fingerprint density at radius 1 is 1.00 bits per heavy atom. The highest BCUT2D eigenvalue weighted by Gasteiger charge is 2.14. The van der Waals surface area contributed by atoms with Crippen molar-refractivity contribution in [2.24, 2.45) is 0 Å². The first-order valence-corrected chi connectivity index (χ1v) is 9.73. The number of hydrogen-bond acceptors (Lipinski definition) is 6. The Morgan fingerprint density at radius 3 is 2.39 bits per heavy atom. The standard InChI is InChI=1S/C21H21N7O3/c1-12-10-13(2)23-21(22-12)28-17(11-14(3)25-28)24-18(29)8-9-27-20(31)16-7-5-4-6-15(16)19(30)26-27/h4-7,10-11H,8-9H2,1-3H3,(H,24,29)(H,26,30). The highest BCUT2D eigenvalue weighted by molar-refractivity contribution is 5.90. The molecule has 0 aliphatic heterocycles. The number of fused-ring (bicyclic) bond motifs is 1. The summed E-state index contributed by atoms with van der Waals surface area (Å²) in [5.74, 6) is 0.439. The number of nitrogens with one attached hydrogen (secondary N) is 2. The first kappa shape index (κ1) is 20.2. The van der Waals surface area contributed by atoms with E-state index in [4.69, 9.17) is 0 Å². The first-order valence-electron chi connectivity index (χ1n) is 9.73. The van der Waals surface area contributed by atoms with Gasteiger partial charge in [0.15, 0.2) is 0 Å². The van der Waals surface area contributed by atoms with Crippen LogP contribution < -0.4 is 16.4 Å². The minimum absolute atomic E-state index is 0.0217. The Kier molecular flexibility index (Phi) is 5.20. The molecule has 1 aromatic carbocycles. The van der Waals surface area contributed by atoms with Gasteiger partial charge in [-0.2, -0.15) is 9.78 Å². The number of aryl methyl sites for hydroxylation is 4. The van der Waals surface area contributed by atoms with Crippen molar-refractivity contribution in [1.29, 1.82) is 0 Å². The first-order chi connectivity index (χ1) is 14.8. The summed E-state index contributed by atoms with van der Waals surface area (Å²) in [4.78, 5) is 46.1. The lowest BCUT2D eigenvalue weighted by molar-refractivity contribution is -0.116. The lowest BCUT2D eigenvalue weighted by Gasteiger charge is -2.10. The van der Waals surface area contributed by atoms with Crippen molar-refractivity contribution >= 4 is 22.5 Å². The number of carbonyl (C=O) groups excluding carboxylic acids is 1. The van der Waals surface area contributed by atoms with Crippen LogP contribution in [0.3, 0.4) is 0 Å². The summed E-state index contributed by atoms with van der Waals surface area (Å²) in [5.41, 5.74) is 1.53. The Balaban J connectivity index is 1.54. The van der Waals surface area contributed by atoms with Crippen LogP contribution >= 0.6 is 0 Å². The summed E-state index contributed by atoms with van der Waals surface area (Å²) < 4.78 is 2.62. The minimum atomic E-state index is -0.378. The lowest BCUT2D eigenvalue weighted by atomic mass is 10.2. The third-order valence-corrected chi connectivity index (χ3v) is 4.71. The molecule has 4 rings (SSSR count). The lowest BCUT2D eigenvalue weighted by Crippen LogP contribution is -2.31. The third-order valence-electron chi connectivity index (χ3n) is 4.71. The zero-order valence-corrected chi connectivity index (χ0v) is 17.3. The van der Waals surface area contributed by atoms with E-state index in [9.17, 15) is 14.4 Å². The summed E-state index contributed by atoms with van der Waals surface area (Å²) in [5, 5.41) is 10.3. The molecular formula is C21H21N7O3. The summed E-state index contributed by atoms with van der Waals surface area (Å²) in [6.07, 6.45) is -0.0217. The quantitative estimate of drug-likeness (QED) is 0.506. The number of H-pyrrole nitrogens is 1. The number of aromatic nitrogens is 6. The van der Waals surface area contributed by atoms with E-state index in [1.165, 1.54) is 4.68 Å². The van der Waals surface area contributed by atoms with E-state index in [1.54, 1.807) is 37.3 Å². The normalized spacial score (nSPS) is 11.1. The van der Waals surface area contributed by atoms with Gasteiger partial charge in [-0.15, -0.1) is 0 Å². The molecule has 158 valence electrons. The van der Waals surface area contributed by atoms with E-state index in [-0.39, 0.29) is 30.0 Å². The van der Waals surface area contributed by atoms with Gasteiger partial charge in [-0.3, -0.25) is 19.5 Å². The van der Waals surface area contributed by atoms with Gasteiger partial charge in [-0.25, -0.2) is 14.6 Å². The molecule has 3 aromatic heterocycles. The van der Waals surface area contributed by atoms with Crippen molar-refractivity contribution in [2.45, 2.75) is 33.7 Å². The van der Waals surface area contributed by atoms with Gasteiger partial charge in [0.05, 0.1) is 23.0 Å². The van der Waals surface area contributed by atoms with Crippen molar-refractivity contribution in [3.63, 3.8) is 0 Å². The molecule has 0 unspecified atom stereocenters. The van der Waals surface area contributed by atoms with E-state index in [2.05, 4.69) is 25.5 Å². The van der Waals surface area contributed by atoms with Crippen molar-refractivity contribution < 1.29 is 4.79 Å². The molecule has 4 aromatic rings. The smallest absolute Gasteiger partial charge is 0.273 e. The molecule has 0 radical (unpaired) electrons. The number of amides is 1. The van der Waals surface area contributed by atoms with E-state index >= 15 is 0 Å². The average molecular weight is 419 g/mol. The molecule has 0 aliphatic carbocycles. The fourth-order valence-corrected chi connectivity index (χ4v) is 3.37. The van der Waals surface area contributed by atoms with E-state index < -0.39 is 0 Å². The number of benzene rings is 1. The minimum Gasteiger partial charge on any atom is -0.310 e. The largest absolute Gasteiger partial charge is 0.310 e. The fraction of sp³-hybridized carbons (Fsp3) is 0.238. The number of nitrogens with zero attached hydrogens (tertiary/aromatic N) is 5. The number of rotatable bonds is 5. The molecule has 31 heavy (non-hydrogen) atoms. The maximum absolute atomic E-state index is 12.6. The van der Waals surface area contributed by atoms with Crippen LogP contribution in [0.1, 0.15) is 23.5 Å². The summed E-state index contributed by atoms with van der Waals surface area (Å²) in [6, 6.07) is 10.1. The summed E-state index contributed by atoms with van der Waals surface area (Å²) in [7, 11) is 0. The third kappa shape index (κ3) is 4.13. The van der Waals surface area contributed by atoms with Crippen LogP contribution in [0.25, 0.3) is 16.7 Å². The maximum Gasteiger partial charge on any atom is 0.273 e. The predicted molar refractivity (Wildman–Crippen MR) is 115 cm³/mol. The van der Waals surface area contributed by atoms with Crippen LogP contribution in [0, 0.1) is 20.8 Å². The highest BCUT2D eigenvalue weighted by atomic mass is 16.2. The fourth-order valence-electron chi connectivity index (χ4n) is 3.37. The Morgan fingerprint density at radius 2 is 1.68 bits per heavy atom. The van der Waals surface area contributed by atoms with Crippen LogP contribution in [-0.2, 0) is 11.3 Å². The average Bonchev–Trinajstić information content (AvgIpc) is 3.09. The van der Waals surface area contributed by atoms with Crippen molar-refractivity contribution in [2.75, 3.05) is 5.32 Å². The van der Waals surface area contributed by atoms with E-state index in [1.807, 2.05) is 19.9 Å². The zero-order chi connectivity index (χ0) is 22.1. The van der Waals surface area contributed by atoms with Crippen LogP contribution in [0.15, 0.2) is 46.0 Å². The zero-order valence-electron chi connectivity index (χ0n) is 17.3. The van der Waals surface area contributed by atoms with Gasteiger partial charge in [0.1, 0.15) is 5.82 Å². The van der Waals surface area contributed by atoms with Gasteiger partial charge in [-0.1, -0.05) is 12.1 Å². The molecule has 2 N–H and O–H groups in total. The second-order valence-electron chi connectivity index (χ2n) is 7.27. The van der Waals surface area contributed by atoms with Gasteiger partial charge in [0.2, 0.25) is 5.91 Å². The second kappa shape index (κ2) is 7.98. The number of hydrogen-bond donors (Lipinski definition) is 2. The SMILES string of the molecule is Cc1cc(C)nc(-n2nc(C)cc2NC(=O)CCn2[nH]c(=O)c3ccccc3c2=O)n1. The molecule has 0 saturated carbocycles. The van der Waals surface area contributed by atoms with Gasteiger partial charge < -0.3 is 5.32 Å². The van der Waals surface area contributed by atoms with E-state index in [0.717, 1.165) is 16.1 Å².